The van der Waals surface area contributed by atoms with Crippen LogP contribution in [0.5, 0.6) is 0 Å². The Bertz CT molecular complexity index is 1150. The van der Waals surface area contributed by atoms with E-state index >= 15 is 0 Å². The number of aliphatic hydroxyl groups excluding tert-OH is 2. The molecule has 3 aliphatic rings. The minimum absolute atomic E-state index is 0.212. The van der Waals surface area contributed by atoms with E-state index in [0.29, 0.717) is 13.0 Å². The Kier molecular flexibility index (Phi) is 15.6. The van der Waals surface area contributed by atoms with Crippen LogP contribution in [0.25, 0.3) is 0 Å². The summed E-state index contributed by atoms with van der Waals surface area (Å²) in [6, 6.07) is -0.938. The maximum Gasteiger partial charge on any atom is 0.311 e. The minimum Gasteiger partial charge on any atom is -0.459 e. The third-order valence-corrected chi connectivity index (χ3v) is 12.4. The van der Waals surface area contributed by atoms with Gasteiger partial charge in [-0.2, -0.15) is 0 Å². The number of aliphatic hydroxyl groups is 4. The molecule has 1 unspecified atom stereocenters. The summed E-state index contributed by atoms with van der Waals surface area (Å²) in [7, 11) is 7.27. The molecule has 3 fully saturated rings. The summed E-state index contributed by atoms with van der Waals surface area (Å²) in [6.07, 6.45) is -6.65. The number of ether oxygens (including phenoxy) is 6. The van der Waals surface area contributed by atoms with Gasteiger partial charge in [-0.15, -0.1) is 0 Å². The van der Waals surface area contributed by atoms with Gasteiger partial charge < -0.3 is 64.4 Å². The Morgan fingerprint density at radius 1 is 1.00 bits per heavy atom. The number of nitrogens with zero attached hydrogens (tertiary/aromatic N) is 2. The Morgan fingerprint density at radius 2 is 1.62 bits per heavy atom. The zero-order valence-corrected chi connectivity index (χ0v) is 34.3. The molecule has 0 aromatic rings. The lowest BCUT2D eigenvalue weighted by Gasteiger charge is -2.49. The van der Waals surface area contributed by atoms with E-state index in [1.54, 1.807) is 27.9 Å². The second-order valence-corrected chi connectivity index (χ2v) is 17.2. The first-order chi connectivity index (χ1) is 23.9. The lowest BCUT2D eigenvalue weighted by atomic mass is 9.78. The maximum absolute atomic E-state index is 14.2. The number of carbonyl (C=O) groups is 1. The second kappa shape index (κ2) is 17.8. The maximum atomic E-state index is 14.2. The summed E-state index contributed by atoms with van der Waals surface area (Å²) in [4.78, 5) is 18.2. The van der Waals surface area contributed by atoms with E-state index in [-0.39, 0.29) is 37.5 Å². The molecular weight excluding hydrogens is 674 g/mol. The van der Waals surface area contributed by atoms with Crippen molar-refractivity contribution in [2.75, 3.05) is 34.8 Å². The molecule has 0 bridgehead atoms. The molecule has 6 N–H and O–H groups in total. The van der Waals surface area contributed by atoms with E-state index in [0.717, 1.165) is 0 Å². The number of carbonyl (C=O) groups excluding carboxylic acids is 1. The molecule has 306 valence electrons. The van der Waals surface area contributed by atoms with Crippen LogP contribution in [-0.2, 0) is 33.2 Å². The van der Waals surface area contributed by atoms with Crippen molar-refractivity contribution in [3.63, 3.8) is 0 Å². The van der Waals surface area contributed by atoms with Gasteiger partial charge >= 0.3 is 5.97 Å². The van der Waals surface area contributed by atoms with Gasteiger partial charge in [-0.1, -0.05) is 20.8 Å². The quantitative estimate of drug-likeness (QED) is 0.238. The number of rotatable bonds is 7. The predicted molar refractivity (Wildman–Crippen MR) is 196 cm³/mol. The van der Waals surface area contributed by atoms with Crippen molar-refractivity contribution in [3.05, 3.63) is 0 Å². The van der Waals surface area contributed by atoms with Crippen LogP contribution in [0, 0.1) is 17.8 Å². The van der Waals surface area contributed by atoms with Crippen molar-refractivity contribution in [1.29, 1.82) is 0 Å². The summed E-state index contributed by atoms with van der Waals surface area (Å²) in [6.45, 7) is 18.3. The molecule has 18 atom stereocenters. The monoisotopic (exact) mass is 748 g/mol. The van der Waals surface area contributed by atoms with Crippen molar-refractivity contribution in [2.24, 2.45) is 23.5 Å². The SMILES string of the molecule is CCC1OC(=O)[C@H](C)[C@H](O[C@H]2C[C@@](C)(OC)[C@@H](N)[C@H](C)O2)[C@H](C)[C@@H](O[C@@H]2O[C@H](C)C[C@H](N(C)C)[C@H]2O)[C@](C)(O)C[C@@H](C)N(C)C[C@@H](C)[C@@H](O)[C@]1(C)O. The molecule has 3 heterocycles. The fourth-order valence-electron chi connectivity index (χ4n) is 8.68. The van der Waals surface area contributed by atoms with Gasteiger partial charge in [0.25, 0.3) is 0 Å². The fourth-order valence-corrected chi connectivity index (χ4v) is 8.68. The number of hydrogen-bond acceptors (Lipinski definition) is 14. The molecule has 3 saturated heterocycles. The molecule has 0 spiro atoms. The summed E-state index contributed by atoms with van der Waals surface area (Å²) >= 11 is 0. The summed E-state index contributed by atoms with van der Waals surface area (Å²) in [5.74, 6) is -2.78. The van der Waals surface area contributed by atoms with Gasteiger partial charge in [0.2, 0.25) is 0 Å². The number of cyclic esters (lactones) is 1. The van der Waals surface area contributed by atoms with Crippen molar-refractivity contribution < 1.29 is 53.6 Å². The van der Waals surface area contributed by atoms with Gasteiger partial charge in [-0.3, -0.25) is 4.79 Å². The Hall–Kier alpha value is -1.01. The van der Waals surface area contributed by atoms with E-state index in [1.807, 2.05) is 72.5 Å². The van der Waals surface area contributed by atoms with Crippen LogP contribution in [0.1, 0.15) is 94.9 Å². The Labute approximate surface area is 312 Å². The highest BCUT2D eigenvalue weighted by atomic mass is 16.7. The molecule has 14 nitrogen and oxygen atoms in total. The van der Waals surface area contributed by atoms with E-state index < -0.39 is 95.8 Å². The highest BCUT2D eigenvalue weighted by molar-refractivity contribution is 5.73. The first kappa shape index (κ1) is 45.4. The van der Waals surface area contributed by atoms with E-state index in [4.69, 9.17) is 34.2 Å². The minimum atomic E-state index is -1.76. The molecule has 0 amide bonds. The normalized spacial score (nSPS) is 49.6. The van der Waals surface area contributed by atoms with E-state index in [1.165, 1.54) is 6.92 Å². The van der Waals surface area contributed by atoms with Crippen LogP contribution in [0.15, 0.2) is 0 Å². The largest absolute Gasteiger partial charge is 0.459 e. The molecule has 0 aromatic heterocycles. The summed E-state index contributed by atoms with van der Waals surface area (Å²) in [5, 5.41) is 47.2. The van der Waals surface area contributed by atoms with Crippen molar-refractivity contribution in [1.82, 2.24) is 9.80 Å². The van der Waals surface area contributed by atoms with Crippen LogP contribution in [0.4, 0.5) is 0 Å². The third kappa shape index (κ3) is 10.0. The number of methoxy groups -OCH3 is 1. The number of hydrogen-bond donors (Lipinski definition) is 5. The third-order valence-electron chi connectivity index (χ3n) is 12.4. The van der Waals surface area contributed by atoms with Crippen LogP contribution in [0.2, 0.25) is 0 Å². The second-order valence-electron chi connectivity index (χ2n) is 17.2. The summed E-state index contributed by atoms with van der Waals surface area (Å²) < 4.78 is 37.9. The lowest BCUT2D eigenvalue weighted by Crippen LogP contribution is -2.62. The first-order valence-corrected chi connectivity index (χ1v) is 19.2. The number of likely N-dealkylation sites (N-methyl/N-ethyl adjacent to an activating group) is 1. The van der Waals surface area contributed by atoms with Crippen molar-refractivity contribution >= 4 is 5.97 Å². The van der Waals surface area contributed by atoms with Crippen LogP contribution >= 0.6 is 0 Å². The smallest absolute Gasteiger partial charge is 0.311 e. The van der Waals surface area contributed by atoms with Crippen LogP contribution < -0.4 is 5.73 Å². The molecule has 3 rings (SSSR count). The molecule has 0 radical (unpaired) electrons. The summed E-state index contributed by atoms with van der Waals surface area (Å²) in [5.41, 5.74) is 2.37. The molecule has 52 heavy (non-hydrogen) atoms. The fraction of sp³-hybridized carbons (Fsp3) is 0.974. The van der Waals surface area contributed by atoms with Gasteiger partial charge in [0.05, 0.1) is 53.7 Å². The van der Waals surface area contributed by atoms with E-state index in [9.17, 15) is 25.2 Å². The van der Waals surface area contributed by atoms with E-state index in [2.05, 4.69) is 0 Å². The Morgan fingerprint density at radius 3 is 2.17 bits per heavy atom. The highest BCUT2D eigenvalue weighted by Gasteiger charge is 2.52. The molecule has 3 aliphatic heterocycles. The number of esters is 1. The standard InChI is InChI=1S/C38H73N3O11/c1-15-27-38(10,46)32(43)20(2)19-41(13)21(3)17-36(8,45)33(52-35-29(42)26(40(11)12)16-22(4)48-35)23(5)30(24(6)34(44)50-27)51-28-18-37(9,47-14)31(39)25(7)49-28/h20-33,35,42-43,45-46H,15-19,39H2,1-14H3/t20-,21-,22-,23+,24-,25+,26+,27?,28+,29-,30-,31+,32-,33-,35+,36-,37-,38-/m1/s1. The van der Waals surface area contributed by atoms with Crippen LogP contribution in [0.3, 0.4) is 0 Å². The predicted octanol–water partition coefficient (Wildman–Crippen LogP) is 1.87. The first-order valence-electron chi connectivity index (χ1n) is 19.2. The van der Waals surface area contributed by atoms with Gasteiger partial charge in [-0.05, 0) is 94.8 Å². The zero-order chi connectivity index (χ0) is 39.7. The van der Waals surface area contributed by atoms with Gasteiger partial charge in [0, 0.05) is 38.1 Å². The average molecular weight is 748 g/mol. The van der Waals surface area contributed by atoms with Crippen molar-refractivity contribution in [3.8, 4) is 0 Å². The Balaban J connectivity index is 2.18. The topological polar surface area (TPSA) is 186 Å². The molecular formula is C38H73N3O11. The highest BCUT2D eigenvalue weighted by Crippen LogP contribution is 2.39. The molecule has 0 saturated carbocycles. The molecule has 0 aliphatic carbocycles. The lowest BCUT2D eigenvalue weighted by molar-refractivity contribution is -0.311. The molecule has 14 heteroatoms. The average Bonchev–Trinajstić information content (AvgIpc) is 3.06. The van der Waals surface area contributed by atoms with Crippen molar-refractivity contribution in [2.45, 2.75) is 185 Å². The molecule has 0 aromatic carbocycles. The van der Waals surface area contributed by atoms with Gasteiger partial charge in [0.1, 0.15) is 17.8 Å². The van der Waals surface area contributed by atoms with Crippen LogP contribution in [-0.4, -0.2) is 161 Å². The van der Waals surface area contributed by atoms with Gasteiger partial charge in [-0.25, -0.2) is 0 Å². The van der Waals surface area contributed by atoms with Gasteiger partial charge in [0.15, 0.2) is 12.6 Å². The zero-order valence-electron chi connectivity index (χ0n) is 34.3. The number of nitrogens with two attached hydrogens (primary N) is 1.